The topological polar surface area (TPSA) is 56.1 Å². The molecule has 0 aliphatic carbocycles. The minimum atomic E-state index is -0.145. The van der Waals surface area contributed by atoms with Crippen LogP contribution >= 0.6 is 0 Å². The molecule has 0 saturated carbocycles. The Morgan fingerprint density at radius 3 is 3.00 bits per heavy atom. The summed E-state index contributed by atoms with van der Waals surface area (Å²) in [6.07, 6.45) is 4.16. The molecule has 0 aliphatic rings. The summed E-state index contributed by atoms with van der Waals surface area (Å²) in [5, 5.41) is 3.19. The minimum absolute atomic E-state index is 0.145. The molecule has 1 aromatic rings. The summed E-state index contributed by atoms with van der Waals surface area (Å²) in [5.41, 5.74) is 0. The van der Waals surface area contributed by atoms with E-state index in [2.05, 4.69) is 14.9 Å². The van der Waals surface area contributed by atoms with Gasteiger partial charge in [-0.05, 0) is 13.8 Å². The van der Waals surface area contributed by atoms with Crippen LogP contribution in [0.3, 0.4) is 0 Å². The van der Waals surface area contributed by atoms with Gasteiger partial charge in [-0.3, -0.25) is 4.79 Å². The van der Waals surface area contributed by atoms with Gasteiger partial charge in [0.25, 0.3) is 0 Å². The zero-order chi connectivity index (χ0) is 11.8. The molecule has 0 radical (unpaired) electrons. The van der Waals surface area contributed by atoms with Crippen molar-refractivity contribution in [1.82, 2.24) is 14.9 Å². The summed E-state index contributed by atoms with van der Waals surface area (Å²) >= 11 is 0. The Labute approximate surface area is 95.8 Å². The molecule has 0 aromatic carbocycles. The van der Waals surface area contributed by atoms with E-state index in [9.17, 15) is 4.79 Å². The molecule has 5 nitrogen and oxygen atoms in total. The third kappa shape index (κ3) is 4.44. The molecule has 1 N–H and O–H groups in total. The number of hydrogen-bond donors (Lipinski definition) is 1. The number of imidazole rings is 1. The number of rotatable bonds is 7. The molecule has 5 heteroatoms. The molecular weight excluding hydrogens is 206 g/mol. The Bertz CT molecular complexity index is 323. The van der Waals surface area contributed by atoms with Crippen LogP contribution in [0.1, 0.15) is 19.2 Å². The third-order valence-electron chi connectivity index (χ3n) is 2.26. The molecule has 1 rings (SSSR count). The Morgan fingerprint density at radius 2 is 2.38 bits per heavy atom. The fourth-order valence-electron chi connectivity index (χ4n) is 1.39. The lowest BCUT2D eigenvalue weighted by Gasteiger charge is -2.06. The van der Waals surface area contributed by atoms with Gasteiger partial charge in [0.1, 0.15) is 5.82 Å². The van der Waals surface area contributed by atoms with E-state index in [1.165, 1.54) is 0 Å². The number of carbonyl (C=O) groups is 1. The van der Waals surface area contributed by atoms with Crippen LogP contribution in [-0.2, 0) is 16.1 Å². The summed E-state index contributed by atoms with van der Waals surface area (Å²) in [4.78, 5) is 15.1. The Balaban J connectivity index is 2.04. The lowest BCUT2D eigenvalue weighted by molar-refractivity contribution is -0.142. The zero-order valence-electron chi connectivity index (χ0n) is 9.90. The number of nitrogens with one attached hydrogen (secondary N) is 1. The molecule has 90 valence electrons. The second-order valence-electron chi connectivity index (χ2n) is 3.47. The van der Waals surface area contributed by atoms with E-state index in [4.69, 9.17) is 4.74 Å². The number of aryl methyl sites for hydroxylation is 1. The van der Waals surface area contributed by atoms with Crippen LogP contribution in [0.5, 0.6) is 0 Å². The smallest absolute Gasteiger partial charge is 0.307 e. The number of ether oxygens (including phenoxy) is 1. The van der Waals surface area contributed by atoms with E-state index in [-0.39, 0.29) is 5.97 Å². The molecule has 0 saturated heterocycles. The van der Waals surface area contributed by atoms with Crippen molar-refractivity contribution in [2.24, 2.45) is 0 Å². The quantitative estimate of drug-likeness (QED) is 0.549. The minimum Gasteiger partial charge on any atom is -0.466 e. The van der Waals surface area contributed by atoms with E-state index in [0.29, 0.717) is 19.6 Å². The van der Waals surface area contributed by atoms with Crippen molar-refractivity contribution in [2.75, 3.05) is 19.7 Å². The summed E-state index contributed by atoms with van der Waals surface area (Å²) in [6.45, 7) is 6.59. The first kappa shape index (κ1) is 12.7. The largest absolute Gasteiger partial charge is 0.466 e. The van der Waals surface area contributed by atoms with Gasteiger partial charge in [0.15, 0.2) is 0 Å². The lowest BCUT2D eigenvalue weighted by atomic mass is 10.4. The average molecular weight is 225 g/mol. The maximum Gasteiger partial charge on any atom is 0.307 e. The van der Waals surface area contributed by atoms with Crippen LogP contribution < -0.4 is 5.32 Å². The molecule has 0 unspecified atom stereocenters. The number of carbonyl (C=O) groups excluding carboxylic acids is 1. The number of nitrogens with zero attached hydrogens (tertiary/aromatic N) is 2. The predicted octanol–water partition coefficient (Wildman–Crippen LogP) is 0.734. The van der Waals surface area contributed by atoms with Crippen molar-refractivity contribution in [3.05, 3.63) is 18.2 Å². The van der Waals surface area contributed by atoms with Crippen LogP contribution in [0.15, 0.2) is 12.4 Å². The Hall–Kier alpha value is -1.36. The van der Waals surface area contributed by atoms with Gasteiger partial charge in [0.05, 0.1) is 13.0 Å². The van der Waals surface area contributed by atoms with Gasteiger partial charge in [-0.1, -0.05) is 0 Å². The summed E-state index contributed by atoms with van der Waals surface area (Å²) < 4.78 is 6.89. The first-order valence-corrected chi connectivity index (χ1v) is 5.58. The fourth-order valence-corrected chi connectivity index (χ4v) is 1.39. The van der Waals surface area contributed by atoms with Gasteiger partial charge >= 0.3 is 5.97 Å². The van der Waals surface area contributed by atoms with Gasteiger partial charge in [-0.15, -0.1) is 0 Å². The molecule has 0 aliphatic heterocycles. The van der Waals surface area contributed by atoms with Crippen molar-refractivity contribution in [3.8, 4) is 0 Å². The van der Waals surface area contributed by atoms with Gasteiger partial charge < -0.3 is 14.6 Å². The van der Waals surface area contributed by atoms with Crippen LogP contribution in [0, 0.1) is 6.92 Å². The summed E-state index contributed by atoms with van der Waals surface area (Å²) in [6, 6.07) is 0. The Morgan fingerprint density at radius 1 is 1.56 bits per heavy atom. The van der Waals surface area contributed by atoms with E-state index >= 15 is 0 Å². The van der Waals surface area contributed by atoms with Gasteiger partial charge in [0, 0.05) is 32.0 Å². The van der Waals surface area contributed by atoms with Crippen molar-refractivity contribution in [2.45, 2.75) is 26.8 Å². The average Bonchev–Trinajstić information content (AvgIpc) is 2.64. The lowest BCUT2D eigenvalue weighted by Crippen LogP contribution is -2.23. The van der Waals surface area contributed by atoms with E-state index in [1.807, 2.05) is 20.0 Å². The standard InChI is InChI=1S/C11H19N3O2/c1-3-16-11(15)4-5-12-6-8-14-9-7-13-10(14)2/h7,9,12H,3-6,8H2,1-2H3. The third-order valence-corrected chi connectivity index (χ3v) is 2.26. The van der Waals surface area contributed by atoms with Crippen molar-refractivity contribution >= 4 is 5.97 Å². The molecule has 1 heterocycles. The zero-order valence-corrected chi connectivity index (χ0v) is 9.90. The highest BCUT2D eigenvalue weighted by Gasteiger charge is 2.00. The molecule has 16 heavy (non-hydrogen) atoms. The normalized spacial score (nSPS) is 10.4. The number of hydrogen-bond acceptors (Lipinski definition) is 4. The maximum absolute atomic E-state index is 11.0. The number of esters is 1. The van der Waals surface area contributed by atoms with Crippen molar-refractivity contribution < 1.29 is 9.53 Å². The SMILES string of the molecule is CCOC(=O)CCNCCn1ccnc1C. The van der Waals surface area contributed by atoms with Gasteiger partial charge in [-0.25, -0.2) is 4.98 Å². The van der Waals surface area contributed by atoms with E-state index in [1.54, 1.807) is 6.20 Å². The summed E-state index contributed by atoms with van der Waals surface area (Å²) in [5.74, 6) is 0.862. The highest BCUT2D eigenvalue weighted by Crippen LogP contribution is 1.93. The second-order valence-corrected chi connectivity index (χ2v) is 3.47. The molecule has 1 aromatic heterocycles. The van der Waals surface area contributed by atoms with Crippen LogP contribution in [0.2, 0.25) is 0 Å². The van der Waals surface area contributed by atoms with Crippen molar-refractivity contribution in [3.63, 3.8) is 0 Å². The highest BCUT2D eigenvalue weighted by atomic mass is 16.5. The van der Waals surface area contributed by atoms with Gasteiger partial charge in [0.2, 0.25) is 0 Å². The van der Waals surface area contributed by atoms with Crippen LogP contribution in [0.25, 0.3) is 0 Å². The number of aromatic nitrogens is 2. The fraction of sp³-hybridized carbons (Fsp3) is 0.636. The molecule has 0 spiro atoms. The monoisotopic (exact) mass is 225 g/mol. The van der Waals surface area contributed by atoms with E-state index in [0.717, 1.165) is 18.9 Å². The molecule has 0 atom stereocenters. The van der Waals surface area contributed by atoms with Crippen LogP contribution in [0.4, 0.5) is 0 Å². The van der Waals surface area contributed by atoms with Crippen LogP contribution in [-0.4, -0.2) is 35.2 Å². The van der Waals surface area contributed by atoms with Gasteiger partial charge in [-0.2, -0.15) is 0 Å². The highest BCUT2D eigenvalue weighted by molar-refractivity contribution is 5.69. The molecular formula is C11H19N3O2. The Kier molecular flexibility index (Phi) is 5.56. The second kappa shape index (κ2) is 7.00. The van der Waals surface area contributed by atoms with E-state index < -0.39 is 0 Å². The predicted molar refractivity (Wildman–Crippen MR) is 61.1 cm³/mol. The maximum atomic E-state index is 11.0. The molecule has 0 fully saturated rings. The molecule has 0 bridgehead atoms. The summed E-state index contributed by atoms with van der Waals surface area (Å²) in [7, 11) is 0. The first-order valence-electron chi connectivity index (χ1n) is 5.58. The van der Waals surface area contributed by atoms with Crippen molar-refractivity contribution in [1.29, 1.82) is 0 Å². The first-order chi connectivity index (χ1) is 7.74. The molecule has 0 amide bonds.